The summed E-state index contributed by atoms with van der Waals surface area (Å²) < 4.78 is 5.42. The summed E-state index contributed by atoms with van der Waals surface area (Å²) in [5.74, 6) is 0.373. The van der Waals surface area contributed by atoms with Gasteiger partial charge < -0.3 is 19.9 Å². The van der Waals surface area contributed by atoms with Gasteiger partial charge in [0.25, 0.3) is 0 Å². The first-order valence-corrected chi connectivity index (χ1v) is 9.23. The Bertz CT molecular complexity index is 409. The van der Waals surface area contributed by atoms with Gasteiger partial charge in [-0.2, -0.15) is 0 Å². The molecule has 0 spiro atoms. The molecular formula is C17H32N4O3. The van der Waals surface area contributed by atoms with E-state index in [0.717, 1.165) is 52.3 Å². The van der Waals surface area contributed by atoms with Crippen molar-refractivity contribution in [2.75, 3.05) is 65.6 Å². The predicted molar refractivity (Wildman–Crippen MR) is 92.8 cm³/mol. The number of amides is 2. The summed E-state index contributed by atoms with van der Waals surface area (Å²) in [6.45, 7) is 11.3. The molecule has 0 aromatic carbocycles. The number of carbonyl (C=O) groups is 2. The average molecular weight is 340 g/mol. The van der Waals surface area contributed by atoms with Crippen molar-refractivity contribution in [2.24, 2.45) is 0 Å². The van der Waals surface area contributed by atoms with Crippen LogP contribution in [0.1, 0.15) is 26.7 Å². The molecule has 2 rings (SSSR count). The van der Waals surface area contributed by atoms with Crippen LogP contribution in [0.5, 0.6) is 0 Å². The Kier molecular flexibility index (Phi) is 7.94. The van der Waals surface area contributed by atoms with Crippen LogP contribution in [-0.4, -0.2) is 98.1 Å². The fourth-order valence-corrected chi connectivity index (χ4v) is 3.34. The fourth-order valence-electron chi connectivity index (χ4n) is 3.34. The van der Waals surface area contributed by atoms with Gasteiger partial charge in [-0.05, 0) is 20.3 Å². The third kappa shape index (κ3) is 5.72. The number of likely N-dealkylation sites (N-methyl/N-ethyl adjacent to an activating group) is 1. The molecule has 7 heteroatoms. The first-order valence-electron chi connectivity index (χ1n) is 9.23. The third-order valence-corrected chi connectivity index (χ3v) is 4.84. The Balaban J connectivity index is 1.77. The van der Waals surface area contributed by atoms with Gasteiger partial charge in [0.15, 0.2) is 0 Å². The molecule has 2 heterocycles. The number of rotatable bonds is 6. The lowest BCUT2D eigenvalue weighted by Gasteiger charge is -2.27. The number of nitrogens with zero attached hydrogens (tertiary/aromatic N) is 3. The van der Waals surface area contributed by atoms with Crippen LogP contribution in [0.2, 0.25) is 0 Å². The summed E-state index contributed by atoms with van der Waals surface area (Å²) in [5.41, 5.74) is 0. The van der Waals surface area contributed by atoms with E-state index in [4.69, 9.17) is 4.74 Å². The van der Waals surface area contributed by atoms with Crippen molar-refractivity contribution < 1.29 is 14.3 Å². The molecule has 0 saturated carbocycles. The zero-order valence-electron chi connectivity index (χ0n) is 15.1. The van der Waals surface area contributed by atoms with Crippen LogP contribution in [0.3, 0.4) is 0 Å². The van der Waals surface area contributed by atoms with Crippen molar-refractivity contribution in [3.8, 4) is 0 Å². The topological polar surface area (TPSA) is 65.1 Å². The monoisotopic (exact) mass is 340 g/mol. The van der Waals surface area contributed by atoms with Crippen LogP contribution in [0.15, 0.2) is 0 Å². The Labute approximate surface area is 145 Å². The quantitative estimate of drug-likeness (QED) is 0.723. The molecule has 1 N–H and O–H groups in total. The SMILES string of the molecule is CCN(CC)C(=O)CN1CCCN(C(=O)CC2COCCN2)CC1. The minimum Gasteiger partial charge on any atom is -0.378 e. The highest BCUT2D eigenvalue weighted by Crippen LogP contribution is 2.08. The molecule has 2 aliphatic rings. The van der Waals surface area contributed by atoms with E-state index in [-0.39, 0.29) is 17.9 Å². The molecule has 0 radical (unpaired) electrons. The van der Waals surface area contributed by atoms with Gasteiger partial charge in [-0.15, -0.1) is 0 Å². The normalized spacial score (nSPS) is 22.9. The highest BCUT2D eigenvalue weighted by atomic mass is 16.5. The van der Waals surface area contributed by atoms with Gasteiger partial charge in [0.1, 0.15) is 0 Å². The lowest BCUT2D eigenvalue weighted by atomic mass is 10.1. The summed E-state index contributed by atoms with van der Waals surface area (Å²) in [7, 11) is 0. The van der Waals surface area contributed by atoms with Crippen LogP contribution in [0.4, 0.5) is 0 Å². The number of nitrogens with one attached hydrogen (secondary N) is 1. The second kappa shape index (κ2) is 9.96. The van der Waals surface area contributed by atoms with Crippen LogP contribution >= 0.6 is 0 Å². The van der Waals surface area contributed by atoms with Crippen molar-refractivity contribution >= 4 is 11.8 Å². The minimum absolute atomic E-state index is 0.134. The zero-order chi connectivity index (χ0) is 17.4. The number of ether oxygens (including phenoxy) is 1. The summed E-state index contributed by atoms with van der Waals surface area (Å²) in [5, 5.41) is 3.33. The second-order valence-corrected chi connectivity index (χ2v) is 6.51. The van der Waals surface area contributed by atoms with Crippen molar-refractivity contribution in [1.82, 2.24) is 20.0 Å². The highest BCUT2D eigenvalue weighted by Gasteiger charge is 2.24. The largest absolute Gasteiger partial charge is 0.378 e. The summed E-state index contributed by atoms with van der Waals surface area (Å²) in [6.07, 6.45) is 1.42. The molecule has 1 atom stereocenters. The Hall–Kier alpha value is -1.18. The van der Waals surface area contributed by atoms with Crippen molar-refractivity contribution in [2.45, 2.75) is 32.7 Å². The maximum Gasteiger partial charge on any atom is 0.236 e. The molecule has 138 valence electrons. The molecule has 24 heavy (non-hydrogen) atoms. The molecule has 2 aliphatic heterocycles. The van der Waals surface area contributed by atoms with Gasteiger partial charge in [0, 0.05) is 58.3 Å². The van der Waals surface area contributed by atoms with Gasteiger partial charge in [-0.1, -0.05) is 0 Å². The molecule has 0 aliphatic carbocycles. The fraction of sp³-hybridized carbons (Fsp3) is 0.882. The van der Waals surface area contributed by atoms with E-state index in [9.17, 15) is 9.59 Å². The zero-order valence-corrected chi connectivity index (χ0v) is 15.1. The molecular weight excluding hydrogens is 308 g/mol. The lowest BCUT2D eigenvalue weighted by Crippen LogP contribution is -2.46. The van der Waals surface area contributed by atoms with E-state index in [1.807, 2.05) is 23.6 Å². The average Bonchev–Trinajstić information content (AvgIpc) is 2.82. The standard InChI is InChI=1S/C17H32N4O3/c1-3-20(4-2)17(23)13-19-7-5-8-21(10-9-19)16(22)12-15-14-24-11-6-18-15/h15,18H,3-14H2,1-2H3. The van der Waals surface area contributed by atoms with E-state index in [1.165, 1.54) is 0 Å². The molecule has 0 bridgehead atoms. The molecule has 0 aromatic rings. The Morgan fingerprint density at radius 3 is 2.62 bits per heavy atom. The van der Waals surface area contributed by atoms with E-state index in [0.29, 0.717) is 26.1 Å². The maximum atomic E-state index is 12.5. The Morgan fingerprint density at radius 2 is 1.96 bits per heavy atom. The van der Waals surface area contributed by atoms with Gasteiger partial charge in [-0.3, -0.25) is 14.5 Å². The molecule has 2 saturated heterocycles. The van der Waals surface area contributed by atoms with Crippen LogP contribution in [0, 0.1) is 0 Å². The molecule has 7 nitrogen and oxygen atoms in total. The van der Waals surface area contributed by atoms with Crippen LogP contribution in [0.25, 0.3) is 0 Å². The van der Waals surface area contributed by atoms with Gasteiger partial charge in [-0.25, -0.2) is 0 Å². The molecule has 1 unspecified atom stereocenters. The van der Waals surface area contributed by atoms with Gasteiger partial charge in [0.05, 0.1) is 19.8 Å². The van der Waals surface area contributed by atoms with Crippen molar-refractivity contribution in [3.05, 3.63) is 0 Å². The smallest absolute Gasteiger partial charge is 0.236 e. The maximum absolute atomic E-state index is 12.5. The summed E-state index contributed by atoms with van der Waals surface area (Å²) >= 11 is 0. The van der Waals surface area contributed by atoms with E-state index in [2.05, 4.69) is 10.2 Å². The van der Waals surface area contributed by atoms with Crippen LogP contribution < -0.4 is 5.32 Å². The van der Waals surface area contributed by atoms with E-state index >= 15 is 0 Å². The summed E-state index contributed by atoms with van der Waals surface area (Å²) in [4.78, 5) is 30.7. The number of hydrogen-bond donors (Lipinski definition) is 1. The van der Waals surface area contributed by atoms with Crippen LogP contribution in [-0.2, 0) is 14.3 Å². The minimum atomic E-state index is 0.134. The van der Waals surface area contributed by atoms with Crippen molar-refractivity contribution in [1.29, 1.82) is 0 Å². The molecule has 0 aromatic heterocycles. The summed E-state index contributed by atoms with van der Waals surface area (Å²) in [6, 6.07) is 0.134. The van der Waals surface area contributed by atoms with Gasteiger partial charge >= 0.3 is 0 Å². The first kappa shape index (κ1) is 19.1. The third-order valence-electron chi connectivity index (χ3n) is 4.84. The second-order valence-electron chi connectivity index (χ2n) is 6.51. The highest BCUT2D eigenvalue weighted by molar-refractivity contribution is 5.78. The molecule has 2 amide bonds. The lowest BCUT2D eigenvalue weighted by molar-refractivity contribution is -0.132. The number of carbonyl (C=O) groups excluding carboxylic acids is 2. The van der Waals surface area contributed by atoms with E-state index < -0.39 is 0 Å². The first-order chi connectivity index (χ1) is 11.6. The van der Waals surface area contributed by atoms with Gasteiger partial charge in [0.2, 0.25) is 11.8 Å². The molecule has 2 fully saturated rings. The number of morpholine rings is 1. The predicted octanol–water partition coefficient (Wildman–Crippen LogP) is -0.232. The van der Waals surface area contributed by atoms with E-state index in [1.54, 1.807) is 0 Å². The number of hydrogen-bond acceptors (Lipinski definition) is 5. The van der Waals surface area contributed by atoms with Crippen molar-refractivity contribution in [3.63, 3.8) is 0 Å². The Morgan fingerprint density at radius 1 is 1.17 bits per heavy atom.